The summed E-state index contributed by atoms with van der Waals surface area (Å²) in [6.07, 6.45) is 3.95. The van der Waals surface area contributed by atoms with Gasteiger partial charge in [0.25, 0.3) is 0 Å². The minimum absolute atomic E-state index is 0.0606. The molecule has 3 aliphatic heterocycles. The predicted octanol–water partition coefficient (Wildman–Crippen LogP) is 2.48. The summed E-state index contributed by atoms with van der Waals surface area (Å²) in [4.78, 5) is 41.8. The Labute approximate surface area is 197 Å². The van der Waals surface area contributed by atoms with Gasteiger partial charge in [0, 0.05) is 28.8 Å². The van der Waals surface area contributed by atoms with E-state index in [9.17, 15) is 14.4 Å². The number of carbonyl (C=O) groups is 3. The predicted molar refractivity (Wildman–Crippen MR) is 124 cm³/mol. The van der Waals surface area contributed by atoms with Gasteiger partial charge in [-0.3, -0.25) is 14.4 Å². The molecule has 0 radical (unpaired) electrons. The molecule has 3 heterocycles. The van der Waals surface area contributed by atoms with Crippen molar-refractivity contribution in [2.24, 2.45) is 11.8 Å². The van der Waals surface area contributed by atoms with Crippen LogP contribution in [-0.2, 0) is 19.1 Å². The maximum atomic E-state index is 13.7. The number of carbonyl (C=O) groups excluding carboxylic acids is 3. The topological polar surface area (TPSA) is 95.9 Å². The number of rotatable bonds is 9. The van der Waals surface area contributed by atoms with E-state index in [1.165, 1.54) is 0 Å². The van der Waals surface area contributed by atoms with Gasteiger partial charge in [0.2, 0.25) is 11.8 Å². The van der Waals surface area contributed by atoms with Gasteiger partial charge in [0.05, 0.1) is 23.2 Å². The van der Waals surface area contributed by atoms with Crippen LogP contribution in [0.3, 0.4) is 0 Å². The van der Waals surface area contributed by atoms with E-state index < -0.39 is 28.2 Å². The Balaban J connectivity index is 1.91. The van der Waals surface area contributed by atoms with Gasteiger partial charge in [-0.05, 0) is 47.0 Å². The molecule has 3 rings (SSSR count). The van der Waals surface area contributed by atoms with Gasteiger partial charge in [-0.1, -0.05) is 28.8 Å². The number of halogens is 1. The second kappa shape index (κ2) is 9.59. The van der Waals surface area contributed by atoms with E-state index in [4.69, 9.17) is 9.84 Å². The lowest BCUT2D eigenvalue weighted by Crippen LogP contribution is -2.57. The normalized spacial score (nSPS) is 34.2. The minimum atomic E-state index is -0.617. The van der Waals surface area contributed by atoms with Crippen LogP contribution in [0.4, 0.5) is 0 Å². The van der Waals surface area contributed by atoms with Crippen LogP contribution in [0.15, 0.2) is 0 Å². The maximum absolute atomic E-state index is 13.7. The van der Waals surface area contributed by atoms with E-state index in [2.05, 4.69) is 21.2 Å². The highest BCUT2D eigenvalue weighted by Crippen LogP contribution is 2.67. The van der Waals surface area contributed by atoms with Gasteiger partial charge in [0.15, 0.2) is 0 Å². The molecule has 0 aromatic heterocycles. The van der Waals surface area contributed by atoms with Crippen molar-refractivity contribution >= 4 is 45.5 Å². The Morgan fingerprint density at radius 2 is 1.97 bits per heavy atom. The lowest BCUT2D eigenvalue weighted by Gasteiger charge is -2.36. The zero-order valence-corrected chi connectivity index (χ0v) is 21.3. The number of aliphatic hydroxyl groups is 1. The van der Waals surface area contributed by atoms with Gasteiger partial charge >= 0.3 is 5.97 Å². The molecular weight excluding hydrogens is 484 g/mol. The molecule has 2 amide bonds. The first-order valence-corrected chi connectivity index (χ1v) is 13.1. The first kappa shape index (κ1) is 24.8. The average molecular weight is 520 g/mol. The minimum Gasteiger partial charge on any atom is -0.466 e. The number of nitrogens with zero attached hydrogens (tertiary/aromatic N) is 1. The fourth-order valence-electron chi connectivity index (χ4n) is 5.36. The summed E-state index contributed by atoms with van der Waals surface area (Å²) in [5, 5.41) is 12.0. The highest BCUT2D eigenvalue weighted by Gasteiger charge is 2.75. The molecule has 0 aliphatic carbocycles. The van der Waals surface area contributed by atoms with Crippen molar-refractivity contribution in [2.45, 2.75) is 86.2 Å². The number of nitrogens with one attached hydrogen (secondary N) is 1. The second-order valence-electron chi connectivity index (χ2n) is 9.82. The lowest BCUT2D eigenvalue weighted by molar-refractivity contribution is -0.153. The smallest absolute Gasteiger partial charge is 0.310 e. The first-order chi connectivity index (χ1) is 14.6. The molecule has 0 aromatic rings. The van der Waals surface area contributed by atoms with Crippen LogP contribution in [0.5, 0.6) is 0 Å². The summed E-state index contributed by atoms with van der Waals surface area (Å²) < 4.78 is 4.73. The summed E-state index contributed by atoms with van der Waals surface area (Å²) in [6, 6.07) is -0.600. The van der Waals surface area contributed by atoms with Crippen molar-refractivity contribution < 1.29 is 24.2 Å². The number of hydrogen-bond donors (Lipinski definition) is 2. The van der Waals surface area contributed by atoms with Gasteiger partial charge in [-0.15, -0.1) is 11.8 Å². The van der Waals surface area contributed by atoms with E-state index in [0.29, 0.717) is 13.0 Å². The molecular formula is C22H35BrN2O5S. The van der Waals surface area contributed by atoms with E-state index in [1.54, 1.807) is 23.6 Å². The van der Waals surface area contributed by atoms with E-state index in [-0.39, 0.29) is 41.1 Å². The number of alkyl halides is 1. The summed E-state index contributed by atoms with van der Waals surface area (Å²) in [5.74, 6) is -1.62. The Morgan fingerprint density at radius 1 is 1.29 bits per heavy atom. The van der Waals surface area contributed by atoms with Gasteiger partial charge in [-0.25, -0.2) is 0 Å². The highest BCUT2D eigenvalue weighted by molar-refractivity contribution is 9.09. The van der Waals surface area contributed by atoms with Crippen molar-refractivity contribution in [1.82, 2.24) is 10.2 Å². The molecule has 1 spiro atoms. The Bertz CT molecular complexity index is 715. The number of unbranched alkanes of at least 4 members (excludes halogenated alkanes) is 3. The molecule has 31 heavy (non-hydrogen) atoms. The maximum Gasteiger partial charge on any atom is 0.310 e. The summed E-state index contributed by atoms with van der Waals surface area (Å²) in [6.45, 7) is 8.50. The van der Waals surface area contributed by atoms with Crippen LogP contribution in [-0.4, -0.2) is 74.0 Å². The van der Waals surface area contributed by atoms with Crippen LogP contribution in [0.25, 0.3) is 0 Å². The molecule has 3 unspecified atom stereocenters. The zero-order chi connectivity index (χ0) is 23.0. The molecule has 2 bridgehead atoms. The Morgan fingerprint density at radius 3 is 2.58 bits per heavy atom. The van der Waals surface area contributed by atoms with Crippen LogP contribution >= 0.6 is 27.7 Å². The van der Waals surface area contributed by atoms with Crippen molar-refractivity contribution in [2.75, 3.05) is 19.8 Å². The molecule has 3 aliphatic rings. The largest absolute Gasteiger partial charge is 0.466 e. The van der Waals surface area contributed by atoms with E-state index in [1.807, 2.05) is 20.8 Å². The van der Waals surface area contributed by atoms with Crippen LogP contribution < -0.4 is 5.32 Å². The fraction of sp³-hybridized carbons (Fsp3) is 0.864. The van der Waals surface area contributed by atoms with Crippen LogP contribution in [0.2, 0.25) is 0 Å². The van der Waals surface area contributed by atoms with Crippen molar-refractivity contribution in [3.8, 4) is 0 Å². The zero-order valence-electron chi connectivity index (χ0n) is 18.9. The van der Waals surface area contributed by atoms with Gasteiger partial charge < -0.3 is 20.1 Å². The van der Waals surface area contributed by atoms with Gasteiger partial charge in [0.1, 0.15) is 6.04 Å². The highest BCUT2D eigenvalue weighted by atomic mass is 79.9. The quantitative estimate of drug-likeness (QED) is 0.276. The SMILES string of the molecule is CCOC(=O)[C@H]1[C@@H]2SC3(CC2Br)C(C(=O)NC(C)(C)C)N(CCCCCCO)C(=O)[C@H]13. The van der Waals surface area contributed by atoms with Crippen molar-refractivity contribution in [1.29, 1.82) is 0 Å². The van der Waals surface area contributed by atoms with Gasteiger partial charge in [-0.2, -0.15) is 0 Å². The fourth-order valence-corrected chi connectivity index (χ4v) is 8.96. The van der Waals surface area contributed by atoms with Crippen LogP contribution in [0.1, 0.15) is 59.8 Å². The number of likely N-dealkylation sites (tertiary alicyclic amines) is 1. The lowest BCUT2D eigenvalue weighted by atomic mass is 9.71. The number of ether oxygens (including phenoxy) is 1. The standard InChI is InChI=1S/C22H35BrN2O5S/c1-5-30-20(29)14-15-19(28)25(10-8-6-7-9-11-26)17(18(27)24-21(2,3)4)22(15)12-13(23)16(14)31-22/h13-17,26H,5-12H2,1-4H3,(H,24,27)/t13?,14-,15+,16-,17?,22?/m1/s1. The number of amides is 2. The molecule has 3 saturated heterocycles. The Hall–Kier alpha value is -0.800. The molecule has 2 N–H and O–H groups in total. The molecule has 0 saturated carbocycles. The van der Waals surface area contributed by atoms with Crippen LogP contribution in [0, 0.1) is 11.8 Å². The third-order valence-corrected chi connectivity index (χ3v) is 9.62. The van der Waals surface area contributed by atoms with Crippen molar-refractivity contribution in [3.63, 3.8) is 0 Å². The third-order valence-electron chi connectivity index (χ3n) is 6.40. The summed E-state index contributed by atoms with van der Waals surface area (Å²) in [5.41, 5.74) is -0.419. The van der Waals surface area contributed by atoms with E-state index >= 15 is 0 Å². The molecule has 7 nitrogen and oxygen atoms in total. The molecule has 9 heteroatoms. The molecule has 6 atom stereocenters. The second-order valence-corrected chi connectivity index (χ2v) is 12.5. The number of hydrogen-bond acceptors (Lipinski definition) is 6. The summed E-state index contributed by atoms with van der Waals surface area (Å²) in [7, 11) is 0. The average Bonchev–Trinajstić information content (AvgIpc) is 3.24. The van der Waals surface area contributed by atoms with E-state index in [0.717, 1.165) is 25.7 Å². The van der Waals surface area contributed by atoms with Crippen molar-refractivity contribution in [3.05, 3.63) is 0 Å². The molecule has 0 aromatic carbocycles. The molecule has 176 valence electrons. The number of fused-ring (bicyclic) bond motifs is 1. The first-order valence-electron chi connectivity index (χ1n) is 11.3. The summed E-state index contributed by atoms with van der Waals surface area (Å²) >= 11 is 5.36. The number of esters is 1. The third kappa shape index (κ3) is 4.64. The monoisotopic (exact) mass is 518 g/mol. The Kier molecular flexibility index (Phi) is 7.69. The number of thioether (sulfide) groups is 1. The molecule has 3 fully saturated rings. The number of aliphatic hydroxyl groups excluding tert-OH is 1.